The SMILES string of the molecule is CC(C)[C@H]1OCC[C@@H]1CNCc1cccc2cn[nH]c12. The molecule has 0 aliphatic carbocycles. The van der Waals surface area contributed by atoms with Crippen molar-refractivity contribution in [1.29, 1.82) is 0 Å². The summed E-state index contributed by atoms with van der Waals surface area (Å²) in [5, 5.41) is 11.9. The predicted octanol–water partition coefficient (Wildman–Crippen LogP) is 2.71. The normalized spacial score (nSPS) is 22.9. The van der Waals surface area contributed by atoms with Crippen LogP contribution in [0.3, 0.4) is 0 Å². The molecule has 2 aromatic rings. The first-order valence-corrected chi connectivity index (χ1v) is 7.49. The lowest BCUT2D eigenvalue weighted by atomic mass is 9.93. The second kappa shape index (κ2) is 5.94. The first-order valence-electron chi connectivity index (χ1n) is 7.49. The molecule has 1 fully saturated rings. The van der Waals surface area contributed by atoms with Crippen LogP contribution in [0.4, 0.5) is 0 Å². The number of nitrogens with one attached hydrogen (secondary N) is 2. The summed E-state index contributed by atoms with van der Waals surface area (Å²) in [6.07, 6.45) is 3.45. The van der Waals surface area contributed by atoms with Gasteiger partial charge in [0.1, 0.15) is 0 Å². The van der Waals surface area contributed by atoms with Crippen molar-refractivity contribution >= 4 is 10.9 Å². The molecule has 0 saturated carbocycles. The Morgan fingerprint density at radius 1 is 1.45 bits per heavy atom. The van der Waals surface area contributed by atoms with E-state index in [-0.39, 0.29) is 0 Å². The van der Waals surface area contributed by atoms with Crippen molar-refractivity contribution < 1.29 is 4.74 Å². The third-order valence-corrected chi connectivity index (χ3v) is 4.21. The Hall–Kier alpha value is -1.39. The predicted molar refractivity (Wildman–Crippen MR) is 80.5 cm³/mol. The Balaban J connectivity index is 1.59. The van der Waals surface area contributed by atoms with Gasteiger partial charge in [0, 0.05) is 25.1 Å². The zero-order chi connectivity index (χ0) is 13.9. The molecule has 2 N–H and O–H groups in total. The van der Waals surface area contributed by atoms with Gasteiger partial charge >= 0.3 is 0 Å². The molecule has 1 aliphatic heterocycles. The highest BCUT2D eigenvalue weighted by Gasteiger charge is 2.30. The van der Waals surface area contributed by atoms with Crippen molar-refractivity contribution in [3.63, 3.8) is 0 Å². The van der Waals surface area contributed by atoms with Crippen LogP contribution in [0.25, 0.3) is 10.9 Å². The third kappa shape index (κ3) is 2.72. The Kier molecular flexibility index (Phi) is 4.03. The van der Waals surface area contributed by atoms with Crippen molar-refractivity contribution in [1.82, 2.24) is 15.5 Å². The maximum atomic E-state index is 5.83. The molecule has 0 radical (unpaired) electrons. The minimum absolute atomic E-state index is 0.408. The van der Waals surface area contributed by atoms with Gasteiger partial charge in [0.2, 0.25) is 0 Å². The average molecular weight is 273 g/mol. The quantitative estimate of drug-likeness (QED) is 0.880. The van der Waals surface area contributed by atoms with Crippen molar-refractivity contribution in [2.45, 2.75) is 32.9 Å². The number of rotatable bonds is 5. The summed E-state index contributed by atoms with van der Waals surface area (Å²) in [5.74, 6) is 1.23. The van der Waals surface area contributed by atoms with Crippen LogP contribution in [-0.2, 0) is 11.3 Å². The van der Waals surface area contributed by atoms with E-state index in [2.05, 4.69) is 47.6 Å². The lowest BCUT2D eigenvalue weighted by Gasteiger charge is -2.22. The summed E-state index contributed by atoms with van der Waals surface area (Å²) in [6.45, 7) is 7.29. The van der Waals surface area contributed by atoms with Gasteiger partial charge in [-0.1, -0.05) is 32.0 Å². The standard InChI is InChI=1S/C16H23N3O/c1-11(2)16-14(6-7-20-16)9-17-8-12-4-3-5-13-10-18-19-15(12)13/h3-5,10-11,14,16-17H,6-9H2,1-2H3,(H,18,19)/t14-,16-/m1/s1. The minimum Gasteiger partial charge on any atom is -0.378 e. The Bertz CT molecular complexity index is 564. The van der Waals surface area contributed by atoms with Gasteiger partial charge in [-0.25, -0.2) is 0 Å². The van der Waals surface area contributed by atoms with Gasteiger partial charge in [-0.15, -0.1) is 0 Å². The van der Waals surface area contributed by atoms with Crippen LogP contribution in [0.2, 0.25) is 0 Å². The highest BCUT2D eigenvalue weighted by Crippen LogP contribution is 2.26. The van der Waals surface area contributed by atoms with E-state index in [0.717, 1.165) is 25.2 Å². The second-order valence-corrected chi connectivity index (χ2v) is 6.01. The molecule has 108 valence electrons. The number of aromatic amines is 1. The molecule has 1 saturated heterocycles. The highest BCUT2D eigenvalue weighted by molar-refractivity contribution is 5.81. The fourth-order valence-electron chi connectivity index (χ4n) is 3.18. The lowest BCUT2D eigenvalue weighted by Crippen LogP contribution is -2.31. The van der Waals surface area contributed by atoms with Crippen molar-refractivity contribution in [3.8, 4) is 0 Å². The van der Waals surface area contributed by atoms with Gasteiger partial charge in [-0.05, 0) is 23.8 Å². The smallest absolute Gasteiger partial charge is 0.0695 e. The summed E-state index contributed by atoms with van der Waals surface area (Å²) in [5.41, 5.74) is 2.42. The monoisotopic (exact) mass is 273 g/mol. The van der Waals surface area contributed by atoms with Crippen LogP contribution in [0, 0.1) is 11.8 Å². The van der Waals surface area contributed by atoms with Crippen LogP contribution in [0.1, 0.15) is 25.8 Å². The van der Waals surface area contributed by atoms with E-state index in [1.54, 1.807) is 0 Å². The van der Waals surface area contributed by atoms with E-state index in [1.807, 2.05) is 6.20 Å². The maximum absolute atomic E-state index is 5.83. The second-order valence-electron chi connectivity index (χ2n) is 6.01. The molecular formula is C16H23N3O. The molecule has 0 spiro atoms. The number of fused-ring (bicyclic) bond motifs is 1. The van der Waals surface area contributed by atoms with Crippen LogP contribution in [0.5, 0.6) is 0 Å². The van der Waals surface area contributed by atoms with Crippen molar-refractivity contribution in [2.24, 2.45) is 11.8 Å². The van der Waals surface area contributed by atoms with Crippen LogP contribution in [0.15, 0.2) is 24.4 Å². The summed E-state index contributed by atoms with van der Waals surface area (Å²) >= 11 is 0. The molecule has 2 heterocycles. The average Bonchev–Trinajstić information content (AvgIpc) is 3.07. The van der Waals surface area contributed by atoms with E-state index in [9.17, 15) is 0 Å². The van der Waals surface area contributed by atoms with E-state index in [4.69, 9.17) is 4.74 Å². The summed E-state index contributed by atoms with van der Waals surface area (Å²) in [6, 6.07) is 6.32. The van der Waals surface area contributed by atoms with Crippen LogP contribution in [-0.4, -0.2) is 29.5 Å². The number of para-hydroxylation sites is 1. The highest BCUT2D eigenvalue weighted by atomic mass is 16.5. The summed E-state index contributed by atoms with van der Waals surface area (Å²) in [4.78, 5) is 0. The van der Waals surface area contributed by atoms with Crippen LogP contribution < -0.4 is 5.32 Å². The largest absolute Gasteiger partial charge is 0.378 e. The molecule has 4 heteroatoms. The molecule has 0 unspecified atom stereocenters. The minimum atomic E-state index is 0.408. The molecule has 3 rings (SSSR count). The number of hydrogen-bond acceptors (Lipinski definition) is 3. The van der Waals surface area contributed by atoms with E-state index in [0.29, 0.717) is 17.9 Å². The van der Waals surface area contributed by atoms with Gasteiger partial charge in [-0.2, -0.15) is 5.10 Å². The fraction of sp³-hybridized carbons (Fsp3) is 0.562. The Morgan fingerprint density at radius 2 is 2.35 bits per heavy atom. The topological polar surface area (TPSA) is 49.9 Å². The van der Waals surface area contributed by atoms with Crippen molar-refractivity contribution in [3.05, 3.63) is 30.0 Å². The van der Waals surface area contributed by atoms with Gasteiger partial charge in [-0.3, -0.25) is 5.10 Å². The molecule has 20 heavy (non-hydrogen) atoms. The molecular weight excluding hydrogens is 250 g/mol. The number of benzene rings is 1. The number of hydrogen-bond donors (Lipinski definition) is 2. The number of ether oxygens (including phenoxy) is 1. The molecule has 2 atom stereocenters. The zero-order valence-corrected chi connectivity index (χ0v) is 12.2. The van der Waals surface area contributed by atoms with Gasteiger partial charge in [0.05, 0.1) is 17.8 Å². The Morgan fingerprint density at radius 3 is 3.20 bits per heavy atom. The number of nitrogens with zero attached hydrogens (tertiary/aromatic N) is 1. The summed E-state index contributed by atoms with van der Waals surface area (Å²) in [7, 11) is 0. The third-order valence-electron chi connectivity index (χ3n) is 4.21. The van der Waals surface area contributed by atoms with E-state index in [1.165, 1.54) is 17.4 Å². The molecule has 0 bridgehead atoms. The molecule has 0 amide bonds. The van der Waals surface area contributed by atoms with Crippen LogP contribution >= 0.6 is 0 Å². The first kappa shape index (κ1) is 13.6. The molecule has 1 aliphatic rings. The lowest BCUT2D eigenvalue weighted by molar-refractivity contribution is 0.0539. The maximum Gasteiger partial charge on any atom is 0.0695 e. The summed E-state index contributed by atoms with van der Waals surface area (Å²) < 4.78 is 5.83. The zero-order valence-electron chi connectivity index (χ0n) is 12.2. The molecule has 4 nitrogen and oxygen atoms in total. The fourth-order valence-corrected chi connectivity index (χ4v) is 3.18. The van der Waals surface area contributed by atoms with E-state index < -0.39 is 0 Å². The number of H-pyrrole nitrogens is 1. The van der Waals surface area contributed by atoms with Gasteiger partial charge < -0.3 is 10.1 Å². The van der Waals surface area contributed by atoms with Gasteiger partial charge in [0.15, 0.2) is 0 Å². The van der Waals surface area contributed by atoms with E-state index >= 15 is 0 Å². The van der Waals surface area contributed by atoms with Crippen molar-refractivity contribution in [2.75, 3.05) is 13.2 Å². The molecule has 1 aromatic carbocycles. The molecule has 1 aromatic heterocycles. The Labute approximate surface area is 119 Å². The first-order chi connectivity index (χ1) is 9.75. The number of aromatic nitrogens is 2. The van der Waals surface area contributed by atoms with Gasteiger partial charge in [0.25, 0.3) is 0 Å².